The fourth-order valence-electron chi connectivity index (χ4n) is 2.00. The molecule has 0 saturated carbocycles. The Morgan fingerprint density at radius 3 is 2.57 bits per heavy atom. The second-order valence-electron chi connectivity index (χ2n) is 5.22. The zero-order chi connectivity index (χ0) is 16.7. The standard InChI is InChI=1S/C17H21NO4S/c1-15-3-5-16(6-4-15)8-12-23(19,20)18(9-11-21-2)13-17-7-10-22-14-17/h3-8,10,12,14H,9,11,13H2,1-2H3. The van der Waals surface area contributed by atoms with E-state index in [0.717, 1.165) is 16.7 Å². The second-order valence-corrected chi connectivity index (χ2v) is 7.03. The summed E-state index contributed by atoms with van der Waals surface area (Å²) >= 11 is 0. The van der Waals surface area contributed by atoms with Gasteiger partial charge in [-0.2, -0.15) is 4.31 Å². The molecule has 2 aromatic rings. The SMILES string of the molecule is COCCN(Cc1ccoc1)S(=O)(=O)C=Cc1ccc(C)cc1. The highest BCUT2D eigenvalue weighted by Gasteiger charge is 2.19. The molecule has 0 aliphatic heterocycles. The highest BCUT2D eigenvalue weighted by Crippen LogP contribution is 2.13. The van der Waals surface area contributed by atoms with Crippen molar-refractivity contribution in [2.24, 2.45) is 0 Å². The molecule has 0 saturated heterocycles. The van der Waals surface area contributed by atoms with Gasteiger partial charge in [-0.15, -0.1) is 0 Å². The maximum atomic E-state index is 12.6. The lowest BCUT2D eigenvalue weighted by Gasteiger charge is -2.19. The molecule has 0 bridgehead atoms. The number of rotatable bonds is 8. The first-order valence-corrected chi connectivity index (χ1v) is 8.76. The van der Waals surface area contributed by atoms with Crippen molar-refractivity contribution >= 4 is 16.1 Å². The van der Waals surface area contributed by atoms with Gasteiger partial charge in [0.05, 0.1) is 19.1 Å². The van der Waals surface area contributed by atoms with Crippen LogP contribution in [0.1, 0.15) is 16.7 Å². The molecule has 0 amide bonds. The van der Waals surface area contributed by atoms with Crippen LogP contribution in [-0.4, -0.2) is 33.0 Å². The molecule has 0 aliphatic rings. The Bertz CT molecular complexity index is 718. The van der Waals surface area contributed by atoms with Crippen molar-refractivity contribution in [1.29, 1.82) is 0 Å². The number of nitrogens with zero attached hydrogens (tertiary/aromatic N) is 1. The van der Waals surface area contributed by atoms with Gasteiger partial charge < -0.3 is 9.15 Å². The first kappa shape index (κ1) is 17.5. The minimum Gasteiger partial charge on any atom is -0.472 e. The summed E-state index contributed by atoms with van der Waals surface area (Å²) in [6.45, 7) is 2.85. The maximum Gasteiger partial charge on any atom is 0.236 e. The molecule has 124 valence electrons. The number of furan rings is 1. The van der Waals surface area contributed by atoms with Gasteiger partial charge in [-0.25, -0.2) is 8.42 Å². The summed E-state index contributed by atoms with van der Waals surface area (Å²) < 4.78 is 36.5. The zero-order valence-corrected chi connectivity index (χ0v) is 14.1. The van der Waals surface area contributed by atoms with Gasteiger partial charge in [0, 0.05) is 31.2 Å². The molecule has 0 atom stereocenters. The highest BCUT2D eigenvalue weighted by atomic mass is 32.2. The van der Waals surface area contributed by atoms with Gasteiger partial charge in [0.25, 0.3) is 0 Å². The normalized spacial score (nSPS) is 12.3. The summed E-state index contributed by atoms with van der Waals surface area (Å²) in [5.74, 6) is 0. The molecular formula is C17H21NO4S. The first-order valence-electron chi connectivity index (χ1n) is 7.26. The van der Waals surface area contributed by atoms with Crippen molar-refractivity contribution in [3.8, 4) is 0 Å². The molecule has 0 N–H and O–H groups in total. The predicted octanol–water partition coefficient (Wildman–Crippen LogP) is 3.04. The largest absolute Gasteiger partial charge is 0.472 e. The number of hydrogen-bond acceptors (Lipinski definition) is 4. The molecule has 0 unspecified atom stereocenters. The fourth-order valence-corrected chi connectivity index (χ4v) is 3.16. The average Bonchev–Trinajstić information content (AvgIpc) is 3.04. The molecular weight excluding hydrogens is 314 g/mol. The van der Waals surface area contributed by atoms with Crippen molar-refractivity contribution in [3.63, 3.8) is 0 Å². The van der Waals surface area contributed by atoms with Gasteiger partial charge in [-0.3, -0.25) is 0 Å². The van der Waals surface area contributed by atoms with Gasteiger partial charge >= 0.3 is 0 Å². The lowest BCUT2D eigenvalue weighted by molar-refractivity contribution is 0.178. The molecule has 0 aliphatic carbocycles. The van der Waals surface area contributed by atoms with Crippen LogP contribution in [0.5, 0.6) is 0 Å². The van der Waals surface area contributed by atoms with Crippen LogP contribution < -0.4 is 0 Å². The Balaban J connectivity index is 2.15. The maximum absolute atomic E-state index is 12.6. The van der Waals surface area contributed by atoms with Crippen LogP contribution in [-0.2, 0) is 21.3 Å². The summed E-state index contributed by atoms with van der Waals surface area (Å²) in [7, 11) is -2.00. The number of benzene rings is 1. The Kier molecular flexibility index (Phi) is 6.15. The monoisotopic (exact) mass is 335 g/mol. The Morgan fingerprint density at radius 1 is 1.22 bits per heavy atom. The van der Waals surface area contributed by atoms with E-state index in [4.69, 9.17) is 9.15 Å². The lowest BCUT2D eigenvalue weighted by atomic mass is 10.2. The van der Waals surface area contributed by atoms with E-state index in [1.165, 1.54) is 16.0 Å². The van der Waals surface area contributed by atoms with Gasteiger partial charge in [-0.1, -0.05) is 29.8 Å². The van der Waals surface area contributed by atoms with Crippen molar-refractivity contribution in [2.45, 2.75) is 13.5 Å². The van der Waals surface area contributed by atoms with E-state index in [2.05, 4.69) is 0 Å². The molecule has 5 nitrogen and oxygen atoms in total. The third kappa shape index (κ3) is 5.35. The number of aryl methyl sites for hydroxylation is 1. The van der Waals surface area contributed by atoms with Crippen LogP contribution >= 0.6 is 0 Å². The Morgan fingerprint density at radius 2 is 1.96 bits per heavy atom. The molecule has 1 heterocycles. The molecule has 1 aromatic heterocycles. The summed E-state index contributed by atoms with van der Waals surface area (Å²) in [5.41, 5.74) is 2.77. The van der Waals surface area contributed by atoms with Gasteiger partial charge in [-0.05, 0) is 24.6 Å². The van der Waals surface area contributed by atoms with Crippen LogP contribution in [0.15, 0.2) is 52.7 Å². The zero-order valence-electron chi connectivity index (χ0n) is 13.3. The van der Waals surface area contributed by atoms with Crippen LogP contribution in [0.3, 0.4) is 0 Å². The number of methoxy groups -OCH3 is 1. The molecule has 23 heavy (non-hydrogen) atoms. The fraction of sp³-hybridized carbons (Fsp3) is 0.294. The summed E-state index contributed by atoms with van der Waals surface area (Å²) in [5, 5.41) is 1.23. The third-order valence-corrected chi connectivity index (χ3v) is 4.87. The Labute approximate surface area is 137 Å². The summed E-state index contributed by atoms with van der Waals surface area (Å²) in [6, 6.07) is 9.41. The first-order chi connectivity index (χ1) is 11.0. The quantitative estimate of drug-likeness (QED) is 0.744. The van der Waals surface area contributed by atoms with Crippen LogP contribution in [0.4, 0.5) is 0 Å². The topological polar surface area (TPSA) is 59.8 Å². The van der Waals surface area contributed by atoms with Crippen molar-refractivity contribution in [1.82, 2.24) is 4.31 Å². The van der Waals surface area contributed by atoms with Crippen LogP contribution in [0.2, 0.25) is 0 Å². The minimum atomic E-state index is -3.55. The van der Waals surface area contributed by atoms with Crippen LogP contribution in [0.25, 0.3) is 6.08 Å². The molecule has 2 rings (SSSR count). The van der Waals surface area contributed by atoms with Crippen molar-refractivity contribution in [2.75, 3.05) is 20.3 Å². The van der Waals surface area contributed by atoms with Gasteiger partial charge in [0.2, 0.25) is 10.0 Å². The average molecular weight is 335 g/mol. The lowest BCUT2D eigenvalue weighted by Crippen LogP contribution is -2.31. The van der Waals surface area contributed by atoms with E-state index in [-0.39, 0.29) is 13.1 Å². The summed E-state index contributed by atoms with van der Waals surface area (Å²) in [4.78, 5) is 0. The minimum absolute atomic E-state index is 0.250. The predicted molar refractivity (Wildman–Crippen MR) is 90.1 cm³/mol. The van der Waals surface area contributed by atoms with E-state index in [0.29, 0.717) is 6.61 Å². The molecule has 6 heteroatoms. The van der Waals surface area contributed by atoms with E-state index in [1.807, 2.05) is 31.2 Å². The number of hydrogen-bond donors (Lipinski definition) is 0. The van der Waals surface area contributed by atoms with E-state index >= 15 is 0 Å². The Hall–Kier alpha value is -1.89. The van der Waals surface area contributed by atoms with E-state index in [9.17, 15) is 8.42 Å². The van der Waals surface area contributed by atoms with E-state index < -0.39 is 10.0 Å². The van der Waals surface area contributed by atoms with Gasteiger partial charge in [0.15, 0.2) is 0 Å². The highest BCUT2D eigenvalue weighted by molar-refractivity contribution is 7.92. The smallest absolute Gasteiger partial charge is 0.236 e. The molecule has 0 spiro atoms. The number of ether oxygens (including phenoxy) is 1. The van der Waals surface area contributed by atoms with E-state index in [1.54, 1.807) is 25.5 Å². The molecule has 1 aromatic carbocycles. The van der Waals surface area contributed by atoms with Crippen molar-refractivity contribution < 1.29 is 17.6 Å². The van der Waals surface area contributed by atoms with Crippen LogP contribution in [0, 0.1) is 6.92 Å². The number of sulfonamides is 1. The van der Waals surface area contributed by atoms with Crippen molar-refractivity contribution in [3.05, 3.63) is 65.0 Å². The molecule has 0 radical (unpaired) electrons. The molecule has 0 fully saturated rings. The third-order valence-electron chi connectivity index (χ3n) is 3.35. The van der Waals surface area contributed by atoms with Gasteiger partial charge in [0.1, 0.15) is 0 Å². The second kappa shape index (κ2) is 8.10. The summed E-state index contributed by atoms with van der Waals surface area (Å²) in [6.07, 6.45) is 4.67.